The number of carboxylic acid groups (broad SMARTS) is 1. The number of benzene rings is 2. The van der Waals surface area contributed by atoms with E-state index in [1.807, 2.05) is 24.3 Å². The number of carbonyl (C=O) groups excluding carboxylic acids is 5. The number of fused-ring (bicyclic) bond motifs is 1. The number of aliphatic carboxylic acids is 1. The number of nitrogens with two attached hydrogens (primary N) is 1. The molecule has 0 unspecified atom stereocenters. The lowest BCUT2D eigenvalue weighted by atomic mass is 10.0. The molecule has 0 saturated carbocycles. The largest absolute Gasteiger partial charge is 0.481 e. The number of nitrogens with one attached hydrogen (secondary N) is 5. The van der Waals surface area contributed by atoms with Gasteiger partial charge in [0, 0.05) is 47.8 Å². The Morgan fingerprint density at radius 3 is 2.19 bits per heavy atom. The highest BCUT2D eigenvalue weighted by Gasteiger charge is 2.32. The van der Waals surface area contributed by atoms with Gasteiger partial charge in [-0.1, -0.05) is 60.1 Å². The average Bonchev–Trinajstić information content (AvgIpc) is 3.53. The smallest absolute Gasteiger partial charge is 0.305 e. The van der Waals surface area contributed by atoms with Crippen LogP contribution in [0, 0.1) is 0 Å². The molecule has 0 saturated heterocycles. The zero-order chi connectivity index (χ0) is 37.9. The molecule has 1 heterocycles. The lowest BCUT2D eigenvalue weighted by Crippen LogP contribution is -2.59. The molecule has 0 radical (unpaired) electrons. The second-order valence-corrected chi connectivity index (χ2v) is 13.1. The average molecular weight is 736 g/mol. The number of rotatable bonds is 23. The molecule has 8 N–H and O–H groups in total. The Hall–Kier alpha value is -5.54. The fourth-order valence-electron chi connectivity index (χ4n) is 5.46. The van der Waals surface area contributed by atoms with Crippen molar-refractivity contribution in [3.8, 4) is 0 Å². The van der Waals surface area contributed by atoms with Gasteiger partial charge in [0.15, 0.2) is 0 Å². The number of azide groups is 1. The predicted molar refractivity (Wildman–Crippen MR) is 197 cm³/mol. The molecule has 17 heteroatoms. The highest BCUT2D eigenvalue weighted by atomic mass is 32.2. The maximum atomic E-state index is 13.9. The fraction of sp³-hybridized carbons (Fsp3) is 0.429. The minimum absolute atomic E-state index is 0.0430. The van der Waals surface area contributed by atoms with Crippen molar-refractivity contribution in [3.63, 3.8) is 0 Å². The Morgan fingerprint density at radius 2 is 1.50 bits per heavy atom. The van der Waals surface area contributed by atoms with Gasteiger partial charge in [0.25, 0.3) is 0 Å². The van der Waals surface area contributed by atoms with Gasteiger partial charge in [-0.05, 0) is 54.0 Å². The van der Waals surface area contributed by atoms with Crippen molar-refractivity contribution in [2.24, 2.45) is 10.8 Å². The van der Waals surface area contributed by atoms with Crippen molar-refractivity contribution >= 4 is 58.2 Å². The molecule has 16 nitrogen and oxygen atoms in total. The number of aromatic amines is 1. The van der Waals surface area contributed by atoms with Crippen LogP contribution >= 0.6 is 11.8 Å². The van der Waals surface area contributed by atoms with Crippen LogP contribution < -0.4 is 27.0 Å². The molecule has 5 amide bonds. The van der Waals surface area contributed by atoms with Gasteiger partial charge >= 0.3 is 5.97 Å². The molecule has 52 heavy (non-hydrogen) atoms. The Labute approximate surface area is 305 Å². The molecule has 0 fully saturated rings. The monoisotopic (exact) mass is 735 g/mol. The Morgan fingerprint density at radius 1 is 0.846 bits per heavy atom. The number of H-pyrrole nitrogens is 1. The zero-order valence-corrected chi connectivity index (χ0v) is 29.7. The summed E-state index contributed by atoms with van der Waals surface area (Å²) in [6, 6.07) is 11.1. The molecule has 1 aromatic heterocycles. The van der Waals surface area contributed by atoms with Crippen LogP contribution in [0.2, 0.25) is 0 Å². The van der Waals surface area contributed by atoms with E-state index in [2.05, 4.69) is 36.3 Å². The second-order valence-electron chi connectivity index (χ2n) is 12.1. The van der Waals surface area contributed by atoms with Gasteiger partial charge in [0.05, 0.1) is 6.42 Å². The van der Waals surface area contributed by atoms with E-state index < -0.39 is 60.2 Å². The van der Waals surface area contributed by atoms with Crippen LogP contribution in [0.15, 0.2) is 65.9 Å². The van der Waals surface area contributed by atoms with E-state index in [0.717, 1.165) is 16.5 Å². The number of primary amides is 1. The number of aromatic nitrogens is 1. The van der Waals surface area contributed by atoms with Gasteiger partial charge in [-0.25, -0.2) is 0 Å². The number of hydrogen-bond acceptors (Lipinski definition) is 8. The van der Waals surface area contributed by atoms with E-state index in [9.17, 15) is 33.9 Å². The van der Waals surface area contributed by atoms with Crippen LogP contribution in [-0.4, -0.2) is 88.3 Å². The highest BCUT2D eigenvalue weighted by Crippen LogP contribution is 2.19. The standard InChI is InChI=1S/C35H45N9O7S/c1-52-17-15-26(33(49)43-29(20-31(46)47)35(51)42-27(32(36)48)18-22-10-4-2-5-11-22)41-34(50)28(40-30(45)14-6-3-9-16-39-44-37)19-23-21-38-25-13-8-7-12-24(23)25/h2,4-5,7-8,10-13,21,26-29,38H,3,6,9,14-20H2,1H3,(H2,36,48)(H,40,45)(H,41,50)(H,42,51)(H,43,49)(H,46,47)/t26-,27-,28-,29-/m0/s1. The van der Waals surface area contributed by atoms with Gasteiger partial charge in [-0.15, -0.1) is 0 Å². The summed E-state index contributed by atoms with van der Waals surface area (Å²) in [5.74, 6) is -4.60. The van der Waals surface area contributed by atoms with E-state index >= 15 is 0 Å². The lowest BCUT2D eigenvalue weighted by molar-refractivity contribution is -0.141. The van der Waals surface area contributed by atoms with Crippen LogP contribution in [0.3, 0.4) is 0 Å². The molecule has 278 valence electrons. The molecule has 0 aliphatic heterocycles. The van der Waals surface area contributed by atoms with Crippen LogP contribution in [-0.2, 0) is 41.6 Å². The third kappa shape index (κ3) is 13.6. The molecule has 0 aliphatic rings. The summed E-state index contributed by atoms with van der Waals surface area (Å²) < 4.78 is 0. The third-order valence-electron chi connectivity index (χ3n) is 8.17. The van der Waals surface area contributed by atoms with Gasteiger partial charge in [0.1, 0.15) is 24.2 Å². The zero-order valence-electron chi connectivity index (χ0n) is 28.9. The molecular formula is C35H45N9O7S. The normalized spacial score (nSPS) is 13.1. The first-order chi connectivity index (χ1) is 25.0. The number of hydrogen-bond donors (Lipinski definition) is 7. The minimum atomic E-state index is -1.60. The Kier molecular flexibility index (Phi) is 17.0. The quantitative estimate of drug-likeness (QED) is 0.0328. The maximum absolute atomic E-state index is 13.9. The summed E-state index contributed by atoms with van der Waals surface area (Å²) in [6.07, 6.45) is 4.88. The molecule has 3 aromatic rings. The first-order valence-corrected chi connectivity index (χ1v) is 18.2. The lowest BCUT2D eigenvalue weighted by Gasteiger charge is -2.26. The minimum Gasteiger partial charge on any atom is -0.481 e. The van der Waals surface area contributed by atoms with E-state index in [-0.39, 0.29) is 31.6 Å². The number of amides is 5. The maximum Gasteiger partial charge on any atom is 0.305 e. The molecular weight excluding hydrogens is 691 g/mol. The van der Waals surface area contributed by atoms with Crippen LogP contribution in [0.4, 0.5) is 0 Å². The Bertz CT molecular complexity index is 1730. The summed E-state index contributed by atoms with van der Waals surface area (Å²) in [6.45, 7) is 0.317. The fourth-order valence-corrected chi connectivity index (χ4v) is 5.94. The van der Waals surface area contributed by atoms with Crippen LogP contribution in [0.5, 0.6) is 0 Å². The van der Waals surface area contributed by atoms with Crippen LogP contribution in [0.1, 0.15) is 49.7 Å². The number of carbonyl (C=O) groups is 6. The molecule has 0 spiro atoms. The van der Waals surface area contributed by atoms with E-state index in [1.165, 1.54) is 11.8 Å². The van der Waals surface area contributed by atoms with Crippen molar-refractivity contribution in [2.75, 3.05) is 18.6 Å². The predicted octanol–water partition coefficient (Wildman–Crippen LogP) is 2.48. The summed E-state index contributed by atoms with van der Waals surface area (Å²) in [4.78, 5) is 83.6. The molecule has 2 aromatic carbocycles. The van der Waals surface area contributed by atoms with E-state index in [4.69, 9.17) is 11.3 Å². The summed E-state index contributed by atoms with van der Waals surface area (Å²) >= 11 is 1.41. The van der Waals surface area contributed by atoms with Crippen molar-refractivity contribution in [2.45, 2.75) is 75.5 Å². The third-order valence-corrected chi connectivity index (χ3v) is 8.82. The number of para-hydroxylation sites is 1. The summed E-state index contributed by atoms with van der Waals surface area (Å²) in [5, 5.41) is 24.3. The second kappa shape index (κ2) is 21.6. The highest BCUT2D eigenvalue weighted by molar-refractivity contribution is 7.98. The van der Waals surface area contributed by atoms with Crippen molar-refractivity contribution in [1.29, 1.82) is 0 Å². The van der Waals surface area contributed by atoms with Crippen molar-refractivity contribution < 1.29 is 33.9 Å². The molecule has 3 rings (SSSR count). The van der Waals surface area contributed by atoms with Gasteiger partial charge in [0.2, 0.25) is 29.5 Å². The topological polar surface area (TPSA) is 261 Å². The van der Waals surface area contributed by atoms with Crippen molar-refractivity contribution in [3.05, 3.63) is 82.4 Å². The first kappa shape index (κ1) is 40.9. The van der Waals surface area contributed by atoms with Crippen molar-refractivity contribution in [1.82, 2.24) is 26.3 Å². The first-order valence-electron chi connectivity index (χ1n) is 16.8. The summed E-state index contributed by atoms with van der Waals surface area (Å²) in [5.41, 5.74) is 16.3. The summed E-state index contributed by atoms with van der Waals surface area (Å²) in [7, 11) is 0. The number of nitrogens with zero attached hydrogens (tertiary/aromatic N) is 3. The van der Waals surface area contributed by atoms with Gasteiger partial charge < -0.3 is 37.1 Å². The van der Waals surface area contributed by atoms with Crippen LogP contribution in [0.25, 0.3) is 21.3 Å². The number of unbranched alkanes of at least 4 members (excludes halogenated alkanes) is 2. The van der Waals surface area contributed by atoms with Gasteiger partial charge in [-0.2, -0.15) is 11.8 Å². The SMILES string of the molecule is CSCC[C@H](NC(=O)[C@H](Cc1c[nH]c2ccccc12)NC(=O)CCCCCN=[N+]=[N-])C(=O)N[C@@H](CC(=O)O)C(=O)N[C@@H](Cc1ccccc1)C(N)=O. The molecule has 0 bridgehead atoms. The van der Waals surface area contributed by atoms with Gasteiger partial charge in [-0.3, -0.25) is 28.8 Å². The number of thioether (sulfide) groups is 1. The van der Waals surface area contributed by atoms with E-state index in [0.29, 0.717) is 37.1 Å². The molecule has 0 aliphatic carbocycles. The Balaban J connectivity index is 1.78. The molecule has 4 atom stereocenters. The van der Waals surface area contributed by atoms with E-state index in [1.54, 1.807) is 42.8 Å². The number of carboxylic acids is 1.